The number of aryl methyl sites for hydroxylation is 1. The van der Waals surface area contributed by atoms with E-state index in [1.807, 2.05) is 25.1 Å². The molecule has 0 saturated carbocycles. The van der Waals surface area contributed by atoms with Crippen molar-refractivity contribution in [1.82, 2.24) is 0 Å². The van der Waals surface area contributed by atoms with E-state index in [0.29, 0.717) is 13.2 Å². The molecule has 1 rings (SSSR count). The average molecular weight is 210 g/mol. The third-order valence-corrected chi connectivity index (χ3v) is 2.07. The zero-order valence-electron chi connectivity index (χ0n) is 9.58. The van der Waals surface area contributed by atoms with Gasteiger partial charge < -0.3 is 14.2 Å². The molecule has 3 nitrogen and oxygen atoms in total. The zero-order valence-corrected chi connectivity index (χ0v) is 9.58. The maximum atomic E-state index is 5.61. The third-order valence-electron chi connectivity index (χ3n) is 2.07. The van der Waals surface area contributed by atoms with E-state index in [9.17, 15) is 0 Å². The second-order valence-corrected chi connectivity index (χ2v) is 3.35. The summed E-state index contributed by atoms with van der Waals surface area (Å²) in [6.45, 7) is 3.39. The van der Waals surface area contributed by atoms with Crippen LogP contribution >= 0.6 is 0 Å². The Hall–Kier alpha value is -1.22. The lowest BCUT2D eigenvalue weighted by atomic mass is 10.2. The predicted octanol–water partition coefficient (Wildman–Crippen LogP) is 2.42. The molecular formula is C12H18O3. The summed E-state index contributed by atoms with van der Waals surface area (Å²) >= 11 is 0. The van der Waals surface area contributed by atoms with Crippen molar-refractivity contribution in [2.24, 2.45) is 0 Å². The summed E-state index contributed by atoms with van der Waals surface area (Å²) in [6.07, 6.45) is 0.883. The minimum atomic E-state index is 0.646. The molecule has 0 aromatic heterocycles. The Kier molecular flexibility index (Phi) is 4.98. The summed E-state index contributed by atoms with van der Waals surface area (Å²) in [5, 5.41) is 0. The molecular weight excluding hydrogens is 192 g/mol. The van der Waals surface area contributed by atoms with E-state index in [1.165, 1.54) is 0 Å². The minimum Gasteiger partial charge on any atom is -0.493 e. The van der Waals surface area contributed by atoms with Gasteiger partial charge in [-0.3, -0.25) is 0 Å². The van der Waals surface area contributed by atoms with E-state index in [1.54, 1.807) is 14.2 Å². The van der Waals surface area contributed by atoms with Crippen LogP contribution < -0.4 is 9.47 Å². The van der Waals surface area contributed by atoms with Crippen molar-refractivity contribution in [3.8, 4) is 11.5 Å². The van der Waals surface area contributed by atoms with Gasteiger partial charge in [-0.2, -0.15) is 0 Å². The molecule has 0 saturated heterocycles. The first kappa shape index (κ1) is 11.9. The highest BCUT2D eigenvalue weighted by atomic mass is 16.5. The summed E-state index contributed by atoms with van der Waals surface area (Å²) < 4.78 is 15.8. The van der Waals surface area contributed by atoms with Crippen LogP contribution in [0.25, 0.3) is 0 Å². The number of ether oxygens (including phenoxy) is 3. The van der Waals surface area contributed by atoms with Crippen molar-refractivity contribution >= 4 is 0 Å². The summed E-state index contributed by atoms with van der Waals surface area (Å²) in [5.74, 6) is 1.58. The molecule has 0 fully saturated rings. The van der Waals surface area contributed by atoms with E-state index in [-0.39, 0.29) is 0 Å². The Morgan fingerprint density at radius 1 is 1.07 bits per heavy atom. The smallest absolute Gasteiger partial charge is 0.161 e. The van der Waals surface area contributed by atoms with Gasteiger partial charge in [-0.1, -0.05) is 6.07 Å². The van der Waals surface area contributed by atoms with E-state index in [4.69, 9.17) is 14.2 Å². The molecule has 0 aliphatic rings. The number of hydrogen-bond acceptors (Lipinski definition) is 3. The lowest BCUT2D eigenvalue weighted by molar-refractivity contribution is 0.170. The molecule has 84 valence electrons. The summed E-state index contributed by atoms with van der Waals surface area (Å²) in [7, 11) is 3.33. The van der Waals surface area contributed by atoms with E-state index in [2.05, 4.69) is 0 Å². The lowest BCUT2D eigenvalue weighted by Crippen LogP contribution is -2.02. The predicted molar refractivity (Wildman–Crippen MR) is 59.7 cm³/mol. The van der Waals surface area contributed by atoms with Crippen molar-refractivity contribution in [2.45, 2.75) is 13.3 Å². The maximum absolute atomic E-state index is 5.61. The molecule has 1 aromatic rings. The van der Waals surface area contributed by atoms with Gasteiger partial charge in [-0.25, -0.2) is 0 Å². The molecule has 0 amide bonds. The Balaban J connectivity index is 2.54. The van der Waals surface area contributed by atoms with Crippen LogP contribution in [0, 0.1) is 6.92 Å². The first-order valence-electron chi connectivity index (χ1n) is 5.04. The maximum Gasteiger partial charge on any atom is 0.161 e. The van der Waals surface area contributed by atoms with Gasteiger partial charge in [0.2, 0.25) is 0 Å². The zero-order chi connectivity index (χ0) is 11.1. The van der Waals surface area contributed by atoms with Crippen LogP contribution in [-0.4, -0.2) is 27.4 Å². The fraction of sp³-hybridized carbons (Fsp3) is 0.500. The standard InChI is InChI=1S/C12H18O3/c1-10-5-6-11(14-3)12(9-10)15-8-4-7-13-2/h5-6,9H,4,7-8H2,1-3H3. The second-order valence-electron chi connectivity index (χ2n) is 3.35. The fourth-order valence-electron chi connectivity index (χ4n) is 1.28. The van der Waals surface area contributed by atoms with Gasteiger partial charge in [0.1, 0.15) is 0 Å². The van der Waals surface area contributed by atoms with E-state index < -0.39 is 0 Å². The summed E-state index contributed by atoms with van der Waals surface area (Å²) in [4.78, 5) is 0. The van der Waals surface area contributed by atoms with Gasteiger partial charge in [0.25, 0.3) is 0 Å². The molecule has 0 aliphatic heterocycles. The fourth-order valence-corrected chi connectivity index (χ4v) is 1.28. The molecule has 3 heteroatoms. The number of rotatable bonds is 6. The quantitative estimate of drug-likeness (QED) is 0.675. The van der Waals surface area contributed by atoms with Crippen LogP contribution in [0.2, 0.25) is 0 Å². The van der Waals surface area contributed by atoms with Gasteiger partial charge in [0, 0.05) is 20.1 Å². The Bertz CT molecular complexity index is 297. The molecule has 0 atom stereocenters. The number of methoxy groups -OCH3 is 2. The topological polar surface area (TPSA) is 27.7 Å². The molecule has 1 aromatic carbocycles. The van der Waals surface area contributed by atoms with Gasteiger partial charge in [-0.15, -0.1) is 0 Å². The molecule has 0 spiro atoms. The van der Waals surface area contributed by atoms with Crippen molar-refractivity contribution in [3.63, 3.8) is 0 Å². The SMILES string of the molecule is COCCCOc1cc(C)ccc1OC. The van der Waals surface area contributed by atoms with Crippen LogP contribution in [0.1, 0.15) is 12.0 Å². The van der Waals surface area contributed by atoms with Crippen LogP contribution in [-0.2, 0) is 4.74 Å². The van der Waals surface area contributed by atoms with Crippen molar-refractivity contribution in [3.05, 3.63) is 23.8 Å². The highest BCUT2D eigenvalue weighted by Gasteiger charge is 2.03. The molecule has 0 aliphatic carbocycles. The minimum absolute atomic E-state index is 0.646. The van der Waals surface area contributed by atoms with E-state index in [0.717, 1.165) is 23.5 Å². The van der Waals surface area contributed by atoms with E-state index >= 15 is 0 Å². The Labute approximate surface area is 91.0 Å². The van der Waals surface area contributed by atoms with Crippen LogP contribution in [0.5, 0.6) is 11.5 Å². The number of hydrogen-bond donors (Lipinski definition) is 0. The van der Waals surface area contributed by atoms with Crippen LogP contribution in [0.4, 0.5) is 0 Å². The summed E-state index contributed by atoms with van der Waals surface area (Å²) in [5.41, 5.74) is 1.16. The highest BCUT2D eigenvalue weighted by Crippen LogP contribution is 2.27. The molecule has 15 heavy (non-hydrogen) atoms. The number of benzene rings is 1. The Morgan fingerprint density at radius 3 is 2.53 bits per heavy atom. The van der Waals surface area contributed by atoms with Gasteiger partial charge in [0.05, 0.1) is 13.7 Å². The van der Waals surface area contributed by atoms with Crippen LogP contribution in [0.3, 0.4) is 0 Å². The highest BCUT2D eigenvalue weighted by molar-refractivity contribution is 5.42. The van der Waals surface area contributed by atoms with Crippen molar-refractivity contribution in [1.29, 1.82) is 0 Å². The molecule has 0 N–H and O–H groups in total. The van der Waals surface area contributed by atoms with Gasteiger partial charge in [0.15, 0.2) is 11.5 Å². The normalized spacial score (nSPS) is 10.1. The molecule has 0 radical (unpaired) electrons. The first-order valence-corrected chi connectivity index (χ1v) is 5.04. The van der Waals surface area contributed by atoms with Crippen molar-refractivity contribution in [2.75, 3.05) is 27.4 Å². The third kappa shape index (κ3) is 3.80. The molecule has 0 heterocycles. The first-order chi connectivity index (χ1) is 7.27. The average Bonchev–Trinajstić information content (AvgIpc) is 2.25. The second kappa shape index (κ2) is 6.30. The summed E-state index contributed by atoms with van der Waals surface area (Å²) in [6, 6.07) is 5.90. The Morgan fingerprint density at radius 2 is 1.87 bits per heavy atom. The van der Waals surface area contributed by atoms with Crippen LogP contribution in [0.15, 0.2) is 18.2 Å². The van der Waals surface area contributed by atoms with Gasteiger partial charge in [-0.05, 0) is 24.6 Å². The van der Waals surface area contributed by atoms with Gasteiger partial charge >= 0.3 is 0 Å². The monoisotopic (exact) mass is 210 g/mol. The van der Waals surface area contributed by atoms with Crippen molar-refractivity contribution < 1.29 is 14.2 Å². The lowest BCUT2D eigenvalue weighted by Gasteiger charge is -2.10. The largest absolute Gasteiger partial charge is 0.493 e. The molecule has 0 unspecified atom stereocenters. The molecule has 0 bridgehead atoms.